The van der Waals surface area contributed by atoms with Gasteiger partial charge in [0.25, 0.3) is 0 Å². The second-order valence-corrected chi connectivity index (χ2v) is 4.62. The lowest BCUT2D eigenvalue weighted by molar-refractivity contribution is 0.195. The number of aromatic nitrogens is 2. The third-order valence-electron chi connectivity index (χ3n) is 3.09. The number of methoxy groups -OCH3 is 1. The molecule has 0 amide bonds. The normalized spacial score (nSPS) is 14.9. The van der Waals surface area contributed by atoms with Crippen LogP contribution in [0.4, 0.5) is 0 Å². The van der Waals surface area contributed by atoms with Gasteiger partial charge >= 0.3 is 0 Å². The Balaban J connectivity index is 2.67. The number of nitrogens with one attached hydrogen (secondary N) is 1. The van der Waals surface area contributed by atoms with E-state index in [0.29, 0.717) is 12.0 Å². The fourth-order valence-electron chi connectivity index (χ4n) is 1.88. The van der Waals surface area contributed by atoms with Gasteiger partial charge in [0.1, 0.15) is 0 Å². The average Bonchev–Trinajstić information content (AvgIpc) is 2.69. The van der Waals surface area contributed by atoms with Gasteiger partial charge in [-0.2, -0.15) is 5.10 Å². The molecule has 5 heteroatoms. The van der Waals surface area contributed by atoms with Crippen LogP contribution < -0.4 is 5.32 Å². The monoisotopic (exact) mass is 259 g/mol. The molecule has 0 aromatic carbocycles. The second-order valence-electron chi connectivity index (χ2n) is 4.22. The molecule has 0 bridgehead atoms. The summed E-state index contributed by atoms with van der Waals surface area (Å²) in [6, 6.07) is 0.338. The molecule has 17 heavy (non-hydrogen) atoms. The first kappa shape index (κ1) is 14.5. The Morgan fingerprint density at radius 2 is 2.24 bits per heavy atom. The van der Waals surface area contributed by atoms with Gasteiger partial charge in [-0.25, -0.2) is 0 Å². The number of hydrogen-bond acceptors (Lipinski definition) is 3. The Labute approximate surface area is 108 Å². The molecule has 1 N–H and O–H groups in total. The molecular weight excluding hydrogens is 238 g/mol. The van der Waals surface area contributed by atoms with E-state index < -0.39 is 0 Å². The predicted octanol–water partition coefficient (Wildman–Crippen LogP) is 2.28. The van der Waals surface area contributed by atoms with Crippen molar-refractivity contribution in [1.29, 1.82) is 0 Å². The van der Waals surface area contributed by atoms with Crippen LogP contribution in [0, 0.1) is 0 Å². The van der Waals surface area contributed by atoms with Crippen molar-refractivity contribution < 1.29 is 4.74 Å². The minimum absolute atomic E-state index is 0.321. The number of halogens is 1. The first-order valence-electron chi connectivity index (χ1n) is 6.05. The highest BCUT2D eigenvalue weighted by Crippen LogP contribution is 2.26. The SMILES string of the molecule is CCn1ncc(Cl)c1C(C)C(C)NCCOC. The summed E-state index contributed by atoms with van der Waals surface area (Å²) >= 11 is 6.19. The number of aryl methyl sites for hydroxylation is 1. The van der Waals surface area contributed by atoms with Crippen LogP contribution in [0.3, 0.4) is 0 Å². The highest BCUT2D eigenvalue weighted by molar-refractivity contribution is 6.31. The van der Waals surface area contributed by atoms with Gasteiger partial charge in [0.15, 0.2) is 0 Å². The highest BCUT2D eigenvalue weighted by Gasteiger charge is 2.20. The van der Waals surface area contributed by atoms with E-state index in [1.807, 2.05) is 4.68 Å². The minimum atomic E-state index is 0.321. The summed E-state index contributed by atoms with van der Waals surface area (Å²) < 4.78 is 6.99. The van der Waals surface area contributed by atoms with E-state index in [4.69, 9.17) is 16.3 Å². The molecule has 4 nitrogen and oxygen atoms in total. The van der Waals surface area contributed by atoms with Gasteiger partial charge in [0.2, 0.25) is 0 Å². The lowest BCUT2D eigenvalue weighted by atomic mass is 9.99. The summed E-state index contributed by atoms with van der Waals surface area (Å²) in [6.07, 6.45) is 1.72. The van der Waals surface area contributed by atoms with Crippen LogP contribution in [0.1, 0.15) is 32.4 Å². The second kappa shape index (κ2) is 6.99. The van der Waals surface area contributed by atoms with Crippen LogP contribution in [0.5, 0.6) is 0 Å². The summed E-state index contributed by atoms with van der Waals surface area (Å²) in [5, 5.41) is 8.44. The topological polar surface area (TPSA) is 39.1 Å². The largest absolute Gasteiger partial charge is 0.383 e. The fourth-order valence-corrected chi connectivity index (χ4v) is 2.19. The summed E-state index contributed by atoms with van der Waals surface area (Å²) in [5.41, 5.74) is 1.10. The molecule has 0 aliphatic rings. The van der Waals surface area contributed by atoms with E-state index in [1.165, 1.54) is 0 Å². The van der Waals surface area contributed by atoms with E-state index in [0.717, 1.165) is 30.4 Å². The van der Waals surface area contributed by atoms with Crippen molar-refractivity contribution in [2.75, 3.05) is 20.3 Å². The van der Waals surface area contributed by atoms with Gasteiger partial charge in [-0.15, -0.1) is 0 Å². The molecule has 2 unspecified atom stereocenters. The van der Waals surface area contributed by atoms with E-state index >= 15 is 0 Å². The van der Waals surface area contributed by atoms with Crippen molar-refractivity contribution in [3.63, 3.8) is 0 Å². The highest BCUT2D eigenvalue weighted by atomic mass is 35.5. The van der Waals surface area contributed by atoms with Crippen LogP contribution in [0.25, 0.3) is 0 Å². The average molecular weight is 260 g/mol. The summed E-state index contributed by atoms with van der Waals surface area (Å²) in [7, 11) is 1.71. The Morgan fingerprint density at radius 1 is 1.53 bits per heavy atom. The molecule has 1 aromatic rings. The van der Waals surface area contributed by atoms with Crippen molar-refractivity contribution in [2.24, 2.45) is 0 Å². The van der Waals surface area contributed by atoms with Crippen molar-refractivity contribution in [1.82, 2.24) is 15.1 Å². The van der Waals surface area contributed by atoms with E-state index in [1.54, 1.807) is 13.3 Å². The third kappa shape index (κ3) is 3.69. The van der Waals surface area contributed by atoms with Gasteiger partial charge in [-0.3, -0.25) is 4.68 Å². The zero-order valence-electron chi connectivity index (χ0n) is 11.0. The lowest BCUT2D eigenvalue weighted by Gasteiger charge is -2.22. The Bertz CT molecular complexity index is 340. The van der Waals surface area contributed by atoms with Gasteiger partial charge in [0.05, 0.1) is 23.5 Å². The Hall–Kier alpha value is -0.580. The Morgan fingerprint density at radius 3 is 2.82 bits per heavy atom. The van der Waals surface area contributed by atoms with Gasteiger partial charge in [-0.05, 0) is 13.8 Å². The molecule has 0 fully saturated rings. The summed E-state index contributed by atoms with van der Waals surface area (Å²) in [4.78, 5) is 0. The molecule has 0 radical (unpaired) electrons. The zero-order chi connectivity index (χ0) is 12.8. The number of ether oxygens (including phenoxy) is 1. The van der Waals surface area contributed by atoms with E-state index in [-0.39, 0.29) is 0 Å². The summed E-state index contributed by atoms with van der Waals surface area (Å²) in [5.74, 6) is 0.321. The van der Waals surface area contributed by atoms with Gasteiger partial charge in [0, 0.05) is 32.2 Å². The first-order valence-corrected chi connectivity index (χ1v) is 6.43. The number of hydrogen-bond donors (Lipinski definition) is 1. The van der Waals surface area contributed by atoms with Crippen LogP contribution in [0.15, 0.2) is 6.20 Å². The molecule has 1 aromatic heterocycles. The van der Waals surface area contributed by atoms with Crippen molar-refractivity contribution in [3.05, 3.63) is 16.9 Å². The lowest BCUT2D eigenvalue weighted by Crippen LogP contribution is -2.34. The molecule has 2 atom stereocenters. The fraction of sp³-hybridized carbons (Fsp3) is 0.750. The van der Waals surface area contributed by atoms with Crippen LogP contribution in [-0.4, -0.2) is 36.1 Å². The van der Waals surface area contributed by atoms with Gasteiger partial charge < -0.3 is 10.1 Å². The minimum Gasteiger partial charge on any atom is -0.383 e. The molecule has 0 aliphatic heterocycles. The van der Waals surface area contributed by atoms with Crippen LogP contribution >= 0.6 is 11.6 Å². The van der Waals surface area contributed by atoms with Gasteiger partial charge in [-0.1, -0.05) is 18.5 Å². The van der Waals surface area contributed by atoms with Crippen molar-refractivity contribution >= 4 is 11.6 Å². The van der Waals surface area contributed by atoms with Crippen LogP contribution in [0.2, 0.25) is 5.02 Å². The third-order valence-corrected chi connectivity index (χ3v) is 3.38. The summed E-state index contributed by atoms with van der Waals surface area (Å²) in [6.45, 7) is 8.81. The van der Waals surface area contributed by atoms with Crippen LogP contribution in [-0.2, 0) is 11.3 Å². The van der Waals surface area contributed by atoms with E-state index in [9.17, 15) is 0 Å². The molecular formula is C12H22ClN3O. The smallest absolute Gasteiger partial charge is 0.0821 e. The molecule has 0 spiro atoms. The van der Waals surface area contributed by atoms with Crippen molar-refractivity contribution in [2.45, 2.75) is 39.3 Å². The molecule has 0 saturated heterocycles. The molecule has 1 heterocycles. The zero-order valence-corrected chi connectivity index (χ0v) is 11.8. The molecule has 98 valence electrons. The van der Waals surface area contributed by atoms with E-state index in [2.05, 4.69) is 31.2 Å². The number of nitrogens with zero attached hydrogens (tertiary/aromatic N) is 2. The molecule has 1 rings (SSSR count). The standard InChI is InChI=1S/C12H22ClN3O/c1-5-16-12(11(13)8-15-16)9(2)10(3)14-6-7-17-4/h8-10,14H,5-7H2,1-4H3. The van der Waals surface area contributed by atoms with Crippen molar-refractivity contribution in [3.8, 4) is 0 Å². The predicted molar refractivity (Wildman–Crippen MR) is 70.7 cm³/mol. The maximum atomic E-state index is 6.19. The maximum absolute atomic E-state index is 6.19. The number of rotatable bonds is 7. The quantitative estimate of drug-likeness (QED) is 0.764. The first-order chi connectivity index (χ1) is 8.11. The maximum Gasteiger partial charge on any atom is 0.0821 e. The molecule has 0 saturated carbocycles. The molecule has 0 aliphatic carbocycles. The Kier molecular flexibility index (Phi) is 5.95.